The highest BCUT2D eigenvalue weighted by atomic mass is 16.5. The van der Waals surface area contributed by atoms with Crippen molar-refractivity contribution in [3.8, 4) is 5.75 Å². The Morgan fingerprint density at radius 3 is 3.04 bits per heavy atom. The van der Waals surface area contributed by atoms with Gasteiger partial charge in [0.1, 0.15) is 12.4 Å². The number of nitrogens with zero attached hydrogens (tertiary/aromatic N) is 1. The van der Waals surface area contributed by atoms with E-state index in [1.165, 1.54) is 0 Å². The first kappa shape index (κ1) is 15.3. The zero-order valence-electron chi connectivity index (χ0n) is 12.8. The number of rotatable bonds is 5. The predicted octanol–water partition coefficient (Wildman–Crippen LogP) is 1.93. The molecule has 0 saturated heterocycles. The molecule has 2 aromatic rings. The van der Waals surface area contributed by atoms with Crippen molar-refractivity contribution in [2.45, 2.75) is 13.0 Å². The highest BCUT2D eigenvalue weighted by Gasteiger charge is 2.11. The van der Waals surface area contributed by atoms with Crippen molar-refractivity contribution < 1.29 is 9.53 Å². The van der Waals surface area contributed by atoms with E-state index in [1.807, 2.05) is 36.4 Å². The van der Waals surface area contributed by atoms with Gasteiger partial charge in [-0.25, -0.2) is 4.79 Å². The molecule has 1 aromatic heterocycles. The second-order valence-electron chi connectivity index (χ2n) is 5.30. The number of aromatic nitrogens is 1. The first-order chi connectivity index (χ1) is 11.3. The lowest BCUT2D eigenvalue weighted by Gasteiger charge is -2.17. The number of pyridine rings is 1. The summed E-state index contributed by atoms with van der Waals surface area (Å²) in [7, 11) is 0. The van der Waals surface area contributed by atoms with Crippen molar-refractivity contribution in [2.75, 3.05) is 25.0 Å². The van der Waals surface area contributed by atoms with Crippen molar-refractivity contribution in [1.29, 1.82) is 0 Å². The summed E-state index contributed by atoms with van der Waals surface area (Å²) in [4.78, 5) is 16.3. The molecule has 0 atom stereocenters. The van der Waals surface area contributed by atoms with Crippen LogP contribution in [0.25, 0.3) is 0 Å². The van der Waals surface area contributed by atoms with Crippen LogP contribution in [0, 0.1) is 0 Å². The number of amides is 2. The van der Waals surface area contributed by atoms with Crippen LogP contribution in [-0.2, 0) is 13.0 Å². The minimum Gasteiger partial charge on any atom is -0.492 e. The second kappa shape index (κ2) is 7.60. The summed E-state index contributed by atoms with van der Waals surface area (Å²) in [6.07, 6.45) is 2.63. The Morgan fingerprint density at radius 2 is 2.17 bits per heavy atom. The number of nitrogens with one attached hydrogen (secondary N) is 3. The molecule has 0 fully saturated rings. The summed E-state index contributed by atoms with van der Waals surface area (Å²) in [6.45, 7) is 2.60. The topological polar surface area (TPSA) is 75.3 Å². The Hall–Kier alpha value is -2.60. The molecule has 2 amide bonds. The van der Waals surface area contributed by atoms with Crippen LogP contribution in [0.15, 0.2) is 42.6 Å². The summed E-state index contributed by atoms with van der Waals surface area (Å²) in [5, 5.41) is 8.85. The summed E-state index contributed by atoms with van der Waals surface area (Å²) < 4.78 is 5.52. The van der Waals surface area contributed by atoms with E-state index < -0.39 is 0 Å². The maximum Gasteiger partial charge on any atom is 0.319 e. The fraction of sp³-hybridized carbons (Fsp3) is 0.294. The average molecular weight is 312 g/mol. The van der Waals surface area contributed by atoms with Gasteiger partial charge >= 0.3 is 6.03 Å². The molecule has 23 heavy (non-hydrogen) atoms. The molecular weight excluding hydrogens is 292 g/mol. The molecule has 6 nitrogen and oxygen atoms in total. The number of anilines is 1. The molecule has 1 aliphatic heterocycles. The first-order valence-electron chi connectivity index (χ1n) is 7.72. The van der Waals surface area contributed by atoms with Gasteiger partial charge in [0.2, 0.25) is 0 Å². The maximum absolute atomic E-state index is 11.9. The van der Waals surface area contributed by atoms with Crippen LogP contribution < -0.4 is 20.7 Å². The first-order valence-corrected chi connectivity index (χ1v) is 7.72. The Bertz CT molecular complexity index is 661. The number of hydrogen-bond acceptors (Lipinski definition) is 4. The zero-order valence-corrected chi connectivity index (χ0v) is 12.8. The van der Waals surface area contributed by atoms with E-state index in [9.17, 15) is 4.79 Å². The van der Waals surface area contributed by atoms with Crippen LogP contribution in [0.1, 0.15) is 11.3 Å². The van der Waals surface area contributed by atoms with E-state index >= 15 is 0 Å². The Morgan fingerprint density at radius 1 is 1.30 bits per heavy atom. The third-order valence-corrected chi connectivity index (χ3v) is 3.57. The zero-order chi connectivity index (χ0) is 15.9. The quantitative estimate of drug-likeness (QED) is 0.738. The van der Waals surface area contributed by atoms with Gasteiger partial charge < -0.3 is 20.7 Å². The predicted molar refractivity (Wildman–Crippen MR) is 88.6 cm³/mol. The normalized spacial score (nSPS) is 13.0. The summed E-state index contributed by atoms with van der Waals surface area (Å²) >= 11 is 0. The van der Waals surface area contributed by atoms with E-state index in [-0.39, 0.29) is 6.03 Å². The largest absolute Gasteiger partial charge is 0.492 e. The van der Waals surface area contributed by atoms with Crippen molar-refractivity contribution in [3.63, 3.8) is 0 Å². The fourth-order valence-corrected chi connectivity index (χ4v) is 2.44. The molecule has 1 aromatic carbocycles. The maximum atomic E-state index is 11.9. The van der Waals surface area contributed by atoms with Crippen LogP contribution >= 0.6 is 0 Å². The van der Waals surface area contributed by atoms with Gasteiger partial charge in [-0.1, -0.05) is 18.2 Å². The number of ether oxygens (including phenoxy) is 1. The van der Waals surface area contributed by atoms with Crippen LogP contribution in [0.4, 0.5) is 10.5 Å². The molecular formula is C17H20N4O2. The minimum atomic E-state index is -0.257. The molecule has 0 saturated carbocycles. The summed E-state index contributed by atoms with van der Waals surface area (Å²) in [6, 6.07) is 11.2. The van der Waals surface area contributed by atoms with Crippen LogP contribution in [0.3, 0.4) is 0 Å². The monoisotopic (exact) mass is 312 g/mol. The molecule has 0 radical (unpaired) electrons. The Labute approximate surface area is 135 Å². The van der Waals surface area contributed by atoms with Crippen molar-refractivity contribution >= 4 is 11.7 Å². The number of hydrogen-bond donors (Lipinski definition) is 3. The van der Waals surface area contributed by atoms with E-state index in [4.69, 9.17) is 4.74 Å². The Kier molecular flexibility index (Phi) is 5.06. The lowest BCUT2D eigenvalue weighted by atomic mass is 10.1. The number of benzene rings is 1. The molecule has 0 unspecified atom stereocenters. The molecule has 1 aliphatic rings. The molecule has 6 heteroatoms. The van der Waals surface area contributed by atoms with Gasteiger partial charge in [0.05, 0.1) is 18.4 Å². The van der Waals surface area contributed by atoms with Crippen LogP contribution in [-0.4, -0.2) is 30.7 Å². The highest BCUT2D eigenvalue weighted by molar-refractivity contribution is 5.89. The fourth-order valence-electron chi connectivity index (χ4n) is 2.44. The Balaban J connectivity index is 1.42. The molecule has 3 rings (SSSR count). The van der Waals surface area contributed by atoms with E-state index in [1.54, 1.807) is 6.20 Å². The third-order valence-electron chi connectivity index (χ3n) is 3.57. The minimum absolute atomic E-state index is 0.257. The van der Waals surface area contributed by atoms with E-state index in [0.717, 1.165) is 36.5 Å². The van der Waals surface area contributed by atoms with Gasteiger partial charge in [-0.2, -0.15) is 0 Å². The SMILES string of the molecule is O=C(NCCOc1ccccc1)Nc1cnc2c(c1)CNCC2. The van der Waals surface area contributed by atoms with Crippen molar-refractivity contribution in [1.82, 2.24) is 15.6 Å². The summed E-state index contributed by atoms with van der Waals surface area (Å²) in [5.74, 6) is 0.793. The molecule has 2 heterocycles. The smallest absolute Gasteiger partial charge is 0.319 e. The van der Waals surface area contributed by atoms with E-state index in [0.29, 0.717) is 18.8 Å². The number of para-hydroxylation sites is 1. The van der Waals surface area contributed by atoms with Gasteiger partial charge in [0.15, 0.2) is 0 Å². The molecule has 3 N–H and O–H groups in total. The van der Waals surface area contributed by atoms with Gasteiger partial charge in [-0.3, -0.25) is 4.98 Å². The molecule has 0 spiro atoms. The number of carbonyl (C=O) groups is 1. The van der Waals surface area contributed by atoms with Gasteiger partial charge in [0.25, 0.3) is 0 Å². The molecule has 120 valence electrons. The number of carbonyl (C=O) groups excluding carboxylic acids is 1. The van der Waals surface area contributed by atoms with Crippen molar-refractivity contribution in [3.05, 3.63) is 53.9 Å². The van der Waals surface area contributed by atoms with Gasteiger partial charge in [-0.15, -0.1) is 0 Å². The summed E-state index contributed by atoms with van der Waals surface area (Å²) in [5.41, 5.74) is 2.95. The van der Waals surface area contributed by atoms with Crippen molar-refractivity contribution in [2.24, 2.45) is 0 Å². The third kappa shape index (κ3) is 4.43. The molecule has 0 bridgehead atoms. The standard InChI is InChI=1S/C17H20N4O2/c22-17(19-8-9-23-15-4-2-1-3-5-15)21-14-10-13-11-18-7-6-16(13)20-12-14/h1-5,10,12,18H,6-9,11H2,(H2,19,21,22). The number of fused-ring (bicyclic) bond motifs is 1. The lowest BCUT2D eigenvalue weighted by Crippen LogP contribution is -2.32. The van der Waals surface area contributed by atoms with Crippen LogP contribution in [0.5, 0.6) is 5.75 Å². The second-order valence-corrected chi connectivity index (χ2v) is 5.30. The molecule has 0 aliphatic carbocycles. The highest BCUT2D eigenvalue weighted by Crippen LogP contribution is 2.16. The van der Waals surface area contributed by atoms with Gasteiger partial charge in [-0.05, 0) is 23.8 Å². The number of urea groups is 1. The average Bonchev–Trinajstić information content (AvgIpc) is 2.59. The van der Waals surface area contributed by atoms with E-state index in [2.05, 4.69) is 20.9 Å². The van der Waals surface area contributed by atoms with Crippen LogP contribution in [0.2, 0.25) is 0 Å². The lowest BCUT2D eigenvalue weighted by molar-refractivity contribution is 0.247. The van der Waals surface area contributed by atoms with Gasteiger partial charge in [0, 0.05) is 25.2 Å².